The van der Waals surface area contributed by atoms with E-state index in [1.54, 1.807) is 13.3 Å². The zero-order valence-corrected chi connectivity index (χ0v) is 12.5. The van der Waals surface area contributed by atoms with Crippen LogP contribution in [0.3, 0.4) is 0 Å². The molecule has 100 valence electrons. The van der Waals surface area contributed by atoms with Crippen LogP contribution in [0.4, 0.5) is 5.69 Å². The molecular weight excluding hydrogens is 318 g/mol. The molecule has 0 radical (unpaired) electrons. The molecule has 5 heteroatoms. The lowest BCUT2D eigenvalue weighted by atomic mass is 10.0. The SMILES string of the molecule is COC1=Nc2ccc(Br)cc2C(c2ccccn2)=NC1. The minimum absolute atomic E-state index is 0.411. The van der Waals surface area contributed by atoms with Gasteiger partial charge in [-0.3, -0.25) is 9.98 Å². The Bertz CT molecular complexity index is 696. The van der Waals surface area contributed by atoms with Crippen LogP contribution >= 0.6 is 15.9 Å². The van der Waals surface area contributed by atoms with E-state index in [0.29, 0.717) is 12.4 Å². The van der Waals surface area contributed by atoms with Gasteiger partial charge in [-0.1, -0.05) is 22.0 Å². The smallest absolute Gasteiger partial charge is 0.210 e. The van der Waals surface area contributed by atoms with Crippen molar-refractivity contribution in [3.63, 3.8) is 0 Å². The van der Waals surface area contributed by atoms with Crippen molar-refractivity contribution in [2.45, 2.75) is 0 Å². The maximum Gasteiger partial charge on any atom is 0.210 e. The molecule has 3 rings (SSSR count). The van der Waals surface area contributed by atoms with Gasteiger partial charge in [-0.2, -0.15) is 0 Å². The number of benzene rings is 1. The standard InChI is InChI=1S/C15H12BrN3O/c1-20-14-9-18-15(13-4-2-3-7-17-13)11-8-10(16)5-6-12(11)19-14/h2-8H,9H2,1H3. The fraction of sp³-hybridized carbons (Fsp3) is 0.133. The maximum atomic E-state index is 5.25. The zero-order valence-electron chi connectivity index (χ0n) is 10.9. The van der Waals surface area contributed by atoms with Crippen LogP contribution in [0.2, 0.25) is 0 Å². The van der Waals surface area contributed by atoms with Gasteiger partial charge in [0.15, 0.2) is 0 Å². The van der Waals surface area contributed by atoms with E-state index in [9.17, 15) is 0 Å². The fourth-order valence-corrected chi connectivity index (χ4v) is 2.39. The van der Waals surface area contributed by atoms with Gasteiger partial charge in [-0.25, -0.2) is 4.99 Å². The molecule has 1 aliphatic rings. The van der Waals surface area contributed by atoms with Gasteiger partial charge in [0.1, 0.15) is 6.54 Å². The molecule has 1 aromatic carbocycles. The molecule has 0 N–H and O–H groups in total. The number of nitrogens with zero attached hydrogens (tertiary/aromatic N) is 3. The average molecular weight is 330 g/mol. The summed E-state index contributed by atoms with van der Waals surface area (Å²) < 4.78 is 6.24. The van der Waals surface area contributed by atoms with Crippen LogP contribution in [0.5, 0.6) is 0 Å². The fourth-order valence-electron chi connectivity index (χ4n) is 2.03. The summed E-state index contributed by atoms with van der Waals surface area (Å²) in [6.07, 6.45) is 1.76. The Hall–Kier alpha value is -2.01. The number of ether oxygens (including phenoxy) is 1. The molecule has 0 saturated carbocycles. The molecule has 0 fully saturated rings. The third-order valence-electron chi connectivity index (χ3n) is 2.97. The maximum absolute atomic E-state index is 5.25. The number of aromatic nitrogens is 1. The number of hydrogen-bond donors (Lipinski definition) is 0. The van der Waals surface area contributed by atoms with Crippen LogP contribution in [-0.2, 0) is 4.74 Å². The number of aliphatic imine (C=N–C) groups is 2. The molecule has 0 amide bonds. The minimum Gasteiger partial charge on any atom is -0.483 e. The quantitative estimate of drug-likeness (QED) is 0.805. The molecule has 20 heavy (non-hydrogen) atoms. The van der Waals surface area contributed by atoms with Crippen molar-refractivity contribution in [3.05, 3.63) is 58.3 Å². The van der Waals surface area contributed by atoms with Gasteiger partial charge < -0.3 is 4.74 Å². The molecule has 0 bridgehead atoms. The van der Waals surface area contributed by atoms with Gasteiger partial charge >= 0.3 is 0 Å². The van der Waals surface area contributed by atoms with Crippen LogP contribution < -0.4 is 0 Å². The molecule has 4 nitrogen and oxygen atoms in total. The van der Waals surface area contributed by atoms with Crippen LogP contribution in [-0.4, -0.2) is 30.2 Å². The Labute approximate surface area is 125 Å². The molecule has 1 aliphatic heterocycles. The Morgan fingerprint density at radius 2 is 2.10 bits per heavy atom. The first-order valence-corrected chi connectivity index (χ1v) is 6.94. The first-order valence-electron chi connectivity index (χ1n) is 6.15. The van der Waals surface area contributed by atoms with Gasteiger partial charge in [0.25, 0.3) is 0 Å². The number of pyridine rings is 1. The lowest BCUT2D eigenvalue weighted by Crippen LogP contribution is -2.08. The van der Waals surface area contributed by atoms with Gasteiger partial charge in [0.05, 0.1) is 24.2 Å². The van der Waals surface area contributed by atoms with Gasteiger partial charge in [0.2, 0.25) is 5.90 Å². The highest BCUT2D eigenvalue weighted by Gasteiger charge is 2.17. The van der Waals surface area contributed by atoms with Crippen molar-refractivity contribution in [2.75, 3.05) is 13.7 Å². The second-order valence-corrected chi connectivity index (χ2v) is 5.17. The number of halogens is 1. The first-order chi connectivity index (χ1) is 9.78. The third kappa shape index (κ3) is 2.49. The van der Waals surface area contributed by atoms with E-state index >= 15 is 0 Å². The minimum atomic E-state index is 0.411. The highest BCUT2D eigenvalue weighted by atomic mass is 79.9. The van der Waals surface area contributed by atoms with Crippen LogP contribution in [0.25, 0.3) is 0 Å². The number of methoxy groups -OCH3 is 1. The van der Waals surface area contributed by atoms with E-state index < -0.39 is 0 Å². The highest BCUT2D eigenvalue weighted by molar-refractivity contribution is 9.10. The van der Waals surface area contributed by atoms with E-state index in [-0.39, 0.29) is 0 Å². The summed E-state index contributed by atoms with van der Waals surface area (Å²) in [5.74, 6) is 0.597. The Morgan fingerprint density at radius 1 is 1.20 bits per heavy atom. The lowest BCUT2D eigenvalue weighted by Gasteiger charge is -2.07. The van der Waals surface area contributed by atoms with Crippen molar-refractivity contribution in [1.82, 2.24) is 4.98 Å². The number of rotatable bonds is 1. The molecule has 0 saturated heterocycles. The van der Waals surface area contributed by atoms with Crippen molar-refractivity contribution in [3.8, 4) is 0 Å². The predicted octanol–water partition coefficient (Wildman–Crippen LogP) is 3.37. The van der Waals surface area contributed by atoms with Crippen molar-refractivity contribution < 1.29 is 4.74 Å². The molecule has 1 aromatic heterocycles. The molecule has 0 atom stereocenters. The van der Waals surface area contributed by atoms with Gasteiger partial charge in [-0.15, -0.1) is 0 Å². The summed E-state index contributed by atoms with van der Waals surface area (Å²) in [5, 5.41) is 0. The number of hydrogen-bond acceptors (Lipinski definition) is 4. The van der Waals surface area contributed by atoms with E-state index in [0.717, 1.165) is 27.1 Å². The van der Waals surface area contributed by atoms with E-state index in [2.05, 4.69) is 30.9 Å². The van der Waals surface area contributed by atoms with Crippen LogP contribution in [0.15, 0.2) is 57.1 Å². The normalized spacial score (nSPS) is 13.9. The second kappa shape index (κ2) is 5.54. The zero-order chi connectivity index (χ0) is 13.9. The average Bonchev–Trinajstić information content (AvgIpc) is 2.67. The van der Waals surface area contributed by atoms with Crippen LogP contribution in [0, 0.1) is 0 Å². The largest absolute Gasteiger partial charge is 0.483 e. The number of fused-ring (bicyclic) bond motifs is 1. The topological polar surface area (TPSA) is 46.8 Å². The van der Waals surface area contributed by atoms with Crippen molar-refractivity contribution >= 4 is 33.2 Å². The summed E-state index contributed by atoms with van der Waals surface area (Å²) in [7, 11) is 1.61. The summed E-state index contributed by atoms with van der Waals surface area (Å²) >= 11 is 3.49. The molecule has 2 heterocycles. The lowest BCUT2D eigenvalue weighted by molar-refractivity contribution is 0.396. The molecule has 0 spiro atoms. The van der Waals surface area contributed by atoms with E-state index in [1.807, 2.05) is 36.4 Å². The summed E-state index contributed by atoms with van der Waals surface area (Å²) in [5.41, 5.74) is 3.45. The Morgan fingerprint density at radius 3 is 2.85 bits per heavy atom. The summed E-state index contributed by atoms with van der Waals surface area (Å²) in [6.45, 7) is 0.411. The second-order valence-electron chi connectivity index (χ2n) is 4.25. The molecular formula is C15H12BrN3O. The van der Waals surface area contributed by atoms with Crippen molar-refractivity contribution in [2.24, 2.45) is 9.98 Å². The molecule has 0 aliphatic carbocycles. The summed E-state index contributed by atoms with van der Waals surface area (Å²) in [4.78, 5) is 13.5. The molecule has 2 aromatic rings. The van der Waals surface area contributed by atoms with E-state index in [1.165, 1.54) is 0 Å². The predicted molar refractivity (Wildman–Crippen MR) is 83.0 cm³/mol. The Kier molecular flexibility index (Phi) is 3.60. The van der Waals surface area contributed by atoms with Crippen LogP contribution in [0.1, 0.15) is 11.3 Å². The monoisotopic (exact) mass is 329 g/mol. The molecule has 0 unspecified atom stereocenters. The van der Waals surface area contributed by atoms with Gasteiger partial charge in [0, 0.05) is 16.2 Å². The summed E-state index contributed by atoms with van der Waals surface area (Å²) in [6, 6.07) is 11.7. The third-order valence-corrected chi connectivity index (χ3v) is 3.47. The first kappa shape index (κ1) is 13.0. The highest BCUT2D eigenvalue weighted by Crippen LogP contribution is 2.28. The van der Waals surface area contributed by atoms with Crippen molar-refractivity contribution in [1.29, 1.82) is 0 Å². The van der Waals surface area contributed by atoms with Gasteiger partial charge in [-0.05, 0) is 30.3 Å². The Balaban J connectivity index is 2.19. The van der Waals surface area contributed by atoms with E-state index in [4.69, 9.17) is 4.74 Å².